The van der Waals surface area contributed by atoms with Crippen LogP contribution in [0.1, 0.15) is 30.9 Å². The van der Waals surface area contributed by atoms with E-state index < -0.39 is 0 Å². The Morgan fingerprint density at radius 3 is 1.75 bits per heavy atom. The second-order valence-corrected chi connectivity index (χ2v) is 7.76. The number of hydrogen-bond acceptors (Lipinski definition) is 1. The molecule has 1 saturated carbocycles. The Morgan fingerprint density at radius 2 is 1.25 bits per heavy atom. The first-order chi connectivity index (χ1) is 13.7. The number of H-pyrrole nitrogens is 2. The van der Waals surface area contributed by atoms with Gasteiger partial charge in [0.1, 0.15) is 0 Å². The number of Topliss-reactive ketones (excluding diaryl/α,β-unsaturated/α-hetero) is 1. The number of allylic oxidation sites excluding steroid dienone is 2. The summed E-state index contributed by atoms with van der Waals surface area (Å²) < 4.78 is 0. The minimum Gasteiger partial charge on any atom is -0.361 e. The third kappa shape index (κ3) is 2.89. The van der Waals surface area contributed by atoms with Gasteiger partial charge in [-0.3, -0.25) is 4.79 Å². The van der Waals surface area contributed by atoms with Crippen LogP contribution in [0.25, 0.3) is 34.0 Å². The Balaban J connectivity index is 1.55. The largest absolute Gasteiger partial charge is 0.361 e. The van der Waals surface area contributed by atoms with Gasteiger partial charge in [-0.15, -0.1) is 0 Å². The van der Waals surface area contributed by atoms with Crippen molar-refractivity contribution in [3.05, 3.63) is 83.2 Å². The summed E-state index contributed by atoms with van der Waals surface area (Å²) in [5, 5.41) is 2.31. The van der Waals surface area contributed by atoms with Gasteiger partial charge in [0.05, 0.1) is 0 Å². The zero-order valence-electron chi connectivity index (χ0n) is 15.8. The molecule has 2 aromatic heterocycles. The fraction of sp³-hybridized carbons (Fsp3) is 0.160. The Hall–Kier alpha value is -3.33. The van der Waals surface area contributed by atoms with Crippen molar-refractivity contribution in [2.24, 2.45) is 5.92 Å². The van der Waals surface area contributed by atoms with Crippen molar-refractivity contribution in [1.29, 1.82) is 0 Å². The average Bonchev–Trinajstić information content (AvgIpc) is 3.30. The van der Waals surface area contributed by atoms with E-state index in [1.54, 1.807) is 0 Å². The maximum atomic E-state index is 13.2. The summed E-state index contributed by atoms with van der Waals surface area (Å²) >= 11 is 0. The minimum atomic E-state index is 0.175. The lowest BCUT2D eigenvalue weighted by molar-refractivity contribution is -0.113. The van der Waals surface area contributed by atoms with Crippen LogP contribution in [0.15, 0.2) is 72.1 Å². The molecular formula is C25H22N2O. The number of aromatic nitrogens is 2. The number of carbonyl (C=O) groups is 1. The van der Waals surface area contributed by atoms with E-state index in [-0.39, 0.29) is 5.78 Å². The van der Waals surface area contributed by atoms with Gasteiger partial charge < -0.3 is 9.97 Å². The molecule has 28 heavy (non-hydrogen) atoms. The summed E-state index contributed by atoms with van der Waals surface area (Å²) in [5.74, 6) is 0.624. The van der Waals surface area contributed by atoms with Crippen LogP contribution in [-0.2, 0) is 4.79 Å². The summed E-state index contributed by atoms with van der Waals surface area (Å²) in [4.78, 5) is 19.8. The lowest BCUT2D eigenvalue weighted by Gasteiger charge is -2.22. The number of aromatic amines is 2. The minimum absolute atomic E-state index is 0.175. The van der Waals surface area contributed by atoms with Crippen molar-refractivity contribution in [2.45, 2.75) is 19.8 Å². The molecule has 1 atom stereocenters. The van der Waals surface area contributed by atoms with E-state index >= 15 is 0 Å². The molecule has 1 aliphatic carbocycles. The van der Waals surface area contributed by atoms with E-state index in [2.05, 4.69) is 53.3 Å². The fourth-order valence-corrected chi connectivity index (χ4v) is 4.27. The molecule has 0 bridgehead atoms. The number of ketones is 1. The molecule has 3 nitrogen and oxygen atoms in total. The van der Waals surface area contributed by atoms with Crippen molar-refractivity contribution in [3.8, 4) is 0 Å². The monoisotopic (exact) mass is 366 g/mol. The maximum Gasteiger partial charge on any atom is 0.185 e. The predicted octanol–water partition coefficient (Wildman–Crippen LogP) is 6.12. The number of carbonyl (C=O) groups excluding carboxylic acids is 1. The lowest BCUT2D eigenvalue weighted by atomic mass is 9.81. The highest BCUT2D eigenvalue weighted by Gasteiger charge is 2.25. The van der Waals surface area contributed by atoms with Gasteiger partial charge in [0.25, 0.3) is 0 Å². The number of nitrogens with one attached hydrogen (secondary N) is 2. The first kappa shape index (κ1) is 16.8. The maximum absolute atomic E-state index is 13.2. The van der Waals surface area contributed by atoms with Gasteiger partial charge >= 0.3 is 0 Å². The van der Waals surface area contributed by atoms with Gasteiger partial charge in [-0.05, 0) is 43.0 Å². The number of hydrogen-bond donors (Lipinski definition) is 2. The zero-order valence-corrected chi connectivity index (χ0v) is 15.8. The van der Waals surface area contributed by atoms with Crippen molar-refractivity contribution < 1.29 is 4.79 Å². The lowest BCUT2D eigenvalue weighted by Crippen LogP contribution is -2.18. The second kappa shape index (κ2) is 6.68. The van der Waals surface area contributed by atoms with Crippen LogP contribution in [-0.4, -0.2) is 15.8 Å². The molecule has 138 valence electrons. The van der Waals surface area contributed by atoms with E-state index in [0.29, 0.717) is 5.92 Å². The third-order valence-corrected chi connectivity index (χ3v) is 5.62. The van der Waals surface area contributed by atoms with E-state index in [9.17, 15) is 4.79 Å². The molecule has 4 aromatic rings. The second-order valence-electron chi connectivity index (χ2n) is 7.76. The molecule has 2 N–H and O–H groups in total. The molecule has 5 rings (SSSR count). The summed E-state index contributed by atoms with van der Waals surface area (Å²) in [5.41, 5.74) is 6.16. The van der Waals surface area contributed by atoms with Gasteiger partial charge in [0, 0.05) is 56.5 Å². The Bertz CT molecular complexity index is 1160. The molecule has 0 amide bonds. The first-order valence-corrected chi connectivity index (χ1v) is 9.77. The van der Waals surface area contributed by atoms with Crippen molar-refractivity contribution >= 4 is 39.7 Å². The normalized spacial score (nSPS) is 20.6. The van der Waals surface area contributed by atoms with Crippen LogP contribution in [0.3, 0.4) is 0 Å². The van der Waals surface area contributed by atoms with E-state index in [1.165, 1.54) is 0 Å². The number of rotatable bonds is 2. The first-order valence-electron chi connectivity index (χ1n) is 9.77. The fourth-order valence-electron chi connectivity index (χ4n) is 4.27. The topological polar surface area (TPSA) is 48.6 Å². The molecule has 2 aromatic carbocycles. The van der Waals surface area contributed by atoms with Crippen LogP contribution >= 0.6 is 0 Å². The summed E-state index contributed by atoms with van der Waals surface area (Å²) in [6.45, 7) is 2.22. The van der Waals surface area contributed by atoms with E-state index in [1.807, 2.05) is 36.7 Å². The molecule has 1 fully saturated rings. The Morgan fingerprint density at radius 1 is 0.786 bits per heavy atom. The summed E-state index contributed by atoms with van der Waals surface area (Å²) in [7, 11) is 0. The molecule has 1 unspecified atom stereocenters. The van der Waals surface area contributed by atoms with Crippen LogP contribution < -0.4 is 0 Å². The SMILES string of the molecule is CC1C/C(=C/c2c[nH]c3ccccc23)C(=O)/C(=C/c2c[nH]c3ccccc23)C1. The number of para-hydroxylation sites is 2. The van der Waals surface area contributed by atoms with Crippen molar-refractivity contribution in [2.75, 3.05) is 0 Å². The van der Waals surface area contributed by atoms with Gasteiger partial charge in [-0.1, -0.05) is 43.3 Å². The number of fused-ring (bicyclic) bond motifs is 2. The molecular weight excluding hydrogens is 344 g/mol. The molecule has 1 aliphatic rings. The van der Waals surface area contributed by atoms with Gasteiger partial charge in [0.2, 0.25) is 0 Å². The van der Waals surface area contributed by atoms with Gasteiger partial charge in [-0.2, -0.15) is 0 Å². The molecule has 3 heteroatoms. The van der Waals surface area contributed by atoms with Crippen LogP contribution in [0, 0.1) is 5.92 Å². The highest BCUT2D eigenvalue weighted by atomic mass is 16.1. The van der Waals surface area contributed by atoms with E-state index in [0.717, 1.165) is 56.9 Å². The smallest absolute Gasteiger partial charge is 0.185 e. The van der Waals surface area contributed by atoms with Crippen molar-refractivity contribution in [3.63, 3.8) is 0 Å². The quantitative estimate of drug-likeness (QED) is 0.413. The zero-order chi connectivity index (χ0) is 19.1. The highest BCUT2D eigenvalue weighted by Crippen LogP contribution is 2.34. The average molecular weight is 366 g/mol. The van der Waals surface area contributed by atoms with Crippen LogP contribution in [0.2, 0.25) is 0 Å². The molecule has 2 heterocycles. The predicted molar refractivity (Wildman–Crippen MR) is 116 cm³/mol. The third-order valence-electron chi connectivity index (χ3n) is 5.62. The van der Waals surface area contributed by atoms with Gasteiger partial charge in [-0.25, -0.2) is 0 Å². The standard InChI is InChI=1S/C25H22N2O/c1-16-10-17(12-19-14-26-23-8-4-2-6-21(19)23)25(28)18(11-16)13-20-15-27-24-9-5-3-7-22(20)24/h2-9,12-16,26-27H,10-11H2,1H3/b17-12-,18-13+. The van der Waals surface area contributed by atoms with Crippen molar-refractivity contribution in [1.82, 2.24) is 9.97 Å². The van der Waals surface area contributed by atoms with Crippen LogP contribution in [0.5, 0.6) is 0 Å². The molecule has 0 saturated heterocycles. The Labute approximate surface area is 163 Å². The van der Waals surface area contributed by atoms with E-state index in [4.69, 9.17) is 0 Å². The molecule has 0 aliphatic heterocycles. The molecule has 0 radical (unpaired) electrons. The number of benzene rings is 2. The van der Waals surface area contributed by atoms with Crippen LogP contribution in [0.4, 0.5) is 0 Å². The summed E-state index contributed by atoms with van der Waals surface area (Å²) in [6.07, 6.45) is 9.77. The van der Waals surface area contributed by atoms with Gasteiger partial charge in [0.15, 0.2) is 5.78 Å². The molecule has 0 spiro atoms. The highest BCUT2D eigenvalue weighted by molar-refractivity contribution is 6.15. The summed E-state index contributed by atoms with van der Waals surface area (Å²) in [6, 6.07) is 16.4. The Kier molecular flexibility index (Phi) is 4.01.